The Balaban J connectivity index is 2.62. The van der Waals surface area contributed by atoms with Crippen molar-refractivity contribution in [2.45, 2.75) is 12.6 Å². The predicted octanol–water partition coefficient (Wildman–Crippen LogP) is 2.08. The van der Waals surface area contributed by atoms with Gasteiger partial charge in [0.2, 0.25) is 0 Å². The van der Waals surface area contributed by atoms with Gasteiger partial charge in [0.05, 0.1) is 5.56 Å². The van der Waals surface area contributed by atoms with Gasteiger partial charge in [-0.05, 0) is 29.7 Å². The first kappa shape index (κ1) is 12.6. The Kier molecular flexibility index (Phi) is 3.13. The molecule has 0 saturated carbocycles. The first-order valence-electron chi connectivity index (χ1n) is 5.26. The minimum atomic E-state index is -4.42. The van der Waals surface area contributed by atoms with Crippen molar-refractivity contribution in [3.05, 3.63) is 45.7 Å². The lowest BCUT2D eigenvalue weighted by Gasteiger charge is -2.08. The van der Waals surface area contributed by atoms with E-state index in [1.54, 1.807) is 0 Å². The SMILES string of the molecule is O=c1[nH]c2ccc(C(F)(F)F)cc2cc1CCO. The van der Waals surface area contributed by atoms with Crippen LogP contribution in [0.2, 0.25) is 0 Å². The molecule has 2 aromatic rings. The summed E-state index contributed by atoms with van der Waals surface area (Å²) < 4.78 is 37.6. The summed E-state index contributed by atoms with van der Waals surface area (Å²) in [5.74, 6) is 0. The van der Waals surface area contributed by atoms with Crippen LogP contribution in [-0.4, -0.2) is 16.7 Å². The predicted molar refractivity (Wildman–Crippen MR) is 60.4 cm³/mol. The van der Waals surface area contributed by atoms with E-state index in [4.69, 9.17) is 5.11 Å². The minimum absolute atomic E-state index is 0.113. The van der Waals surface area contributed by atoms with E-state index in [9.17, 15) is 18.0 Å². The van der Waals surface area contributed by atoms with Gasteiger partial charge < -0.3 is 10.1 Å². The molecule has 0 bridgehead atoms. The zero-order valence-corrected chi connectivity index (χ0v) is 9.21. The van der Waals surface area contributed by atoms with Gasteiger partial charge in [0.15, 0.2) is 0 Å². The van der Waals surface area contributed by atoms with Crippen molar-refractivity contribution in [3.8, 4) is 0 Å². The molecule has 1 aromatic heterocycles. The maximum Gasteiger partial charge on any atom is 0.416 e. The molecule has 1 aromatic carbocycles. The first-order chi connectivity index (χ1) is 8.41. The number of hydrogen-bond acceptors (Lipinski definition) is 2. The van der Waals surface area contributed by atoms with Gasteiger partial charge in [-0.1, -0.05) is 0 Å². The van der Waals surface area contributed by atoms with E-state index in [1.807, 2.05) is 0 Å². The maximum atomic E-state index is 12.5. The van der Waals surface area contributed by atoms with Crippen LogP contribution in [0, 0.1) is 0 Å². The second-order valence-corrected chi connectivity index (χ2v) is 3.90. The number of H-pyrrole nitrogens is 1. The van der Waals surface area contributed by atoms with Crippen LogP contribution in [0.3, 0.4) is 0 Å². The lowest BCUT2D eigenvalue weighted by atomic mass is 10.1. The Bertz CT molecular complexity index is 631. The Morgan fingerprint density at radius 2 is 1.94 bits per heavy atom. The second-order valence-electron chi connectivity index (χ2n) is 3.90. The molecular weight excluding hydrogens is 247 g/mol. The number of aliphatic hydroxyl groups excluding tert-OH is 1. The summed E-state index contributed by atoms with van der Waals surface area (Å²) in [5.41, 5.74) is -0.549. The minimum Gasteiger partial charge on any atom is -0.396 e. The molecule has 0 fully saturated rings. The van der Waals surface area contributed by atoms with Crippen LogP contribution in [0.1, 0.15) is 11.1 Å². The van der Waals surface area contributed by atoms with Crippen LogP contribution in [-0.2, 0) is 12.6 Å². The molecule has 0 aliphatic heterocycles. The number of hydrogen-bond donors (Lipinski definition) is 2. The molecule has 0 aliphatic carbocycles. The molecule has 96 valence electrons. The average Bonchev–Trinajstić information content (AvgIpc) is 2.28. The highest BCUT2D eigenvalue weighted by Gasteiger charge is 2.30. The van der Waals surface area contributed by atoms with Crippen LogP contribution in [0.15, 0.2) is 29.1 Å². The number of rotatable bonds is 2. The highest BCUT2D eigenvalue weighted by atomic mass is 19.4. The summed E-state index contributed by atoms with van der Waals surface area (Å²) in [5, 5.41) is 9.07. The fourth-order valence-electron chi connectivity index (χ4n) is 1.73. The van der Waals surface area contributed by atoms with Gasteiger partial charge in [-0.15, -0.1) is 0 Å². The zero-order valence-electron chi connectivity index (χ0n) is 9.21. The molecule has 6 heteroatoms. The fourth-order valence-corrected chi connectivity index (χ4v) is 1.73. The third-order valence-electron chi connectivity index (χ3n) is 2.63. The fraction of sp³-hybridized carbons (Fsp3) is 0.250. The van der Waals surface area contributed by atoms with E-state index in [0.29, 0.717) is 10.9 Å². The van der Waals surface area contributed by atoms with Crippen molar-refractivity contribution in [2.75, 3.05) is 6.61 Å². The van der Waals surface area contributed by atoms with Gasteiger partial charge in [-0.2, -0.15) is 13.2 Å². The number of aliphatic hydroxyl groups is 1. The molecule has 0 amide bonds. The van der Waals surface area contributed by atoms with E-state index in [-0.39, 0.29) is 18.6 Å². The maximum absolute atomic E-state index is 12.5. The Labute approximate surface area is 99.9 Å². The van der Waals surface area contributed by atoms with Gasteiger partial charge in [0.1, 0.15) is 0 Å². The lowest BCUT2D eigenvalue weighted by molar-refractivity contribution is -0.137. The van der Waals surface area contributed by atoms with Crippen molar-refractivity contribution >= 4 is 10.9 Å². The van der Waals surface area contributed by atoms with Crippen LogP contribution >= 0.6 is 0 Å². The molecule has 2 N–H and O–H groups in total. The molecule has 0 aliphatic rings. The molecule has 0 saturated heterocycles. The summed E-state index contributed by atoms with van der Waals surface area (Å²) in [4.78, 5) is 14.0. The van der Waals surface area contributed by atoms with Crippen LogP contribution in [0.4, 0.5) is 13.2 Å². The average molecular weight is 257 g/mol. The van der Waals surface area contributed by atoms with Crippen molar-refractivity contribution in [1.82, 2.24) is 4.98 Å². The van der Waals surface area contributed by atoms with Crippen molar-refractivity contribution in [3.63, 3.8) is 0 Å². The number of alkyl halides is 3. The number of aromatic amines is 1. The van der Waals surface area contributed by atoms with E-state index in [0.717, 1.165) is 12.1 Å². The zero-order chi connectivity index (χ0) is 13.3. The summed E-state index contributed by atoms with van der Waals surface area (Å²) in [6.07, 6.45) is -4.30. The number of benzene rings is 1. The molecule has 2 rings (SSSR count). The largest absolute Gasteiger partial charge is 0.416 e. The van der Waals surface area contributed by atoms with Crippen LogP contribution in [0.5, 0.6) is 0 Å². The van der Waals surface area contributed by atoms with E-state index in [1.165, 1.54) is 12.1 Å². The normalized spacial score (nSPS) is 12.0. The number of pyridine rings is 1. The molecule has 18 heavy (non-hydrogen) atoms. The monoisotopic (exact) mass is 257 g/mol. The third kappa shape index (κ3) is 2.38. The Hall–Kier alpha value is -1.82. The number of halogens is 3. The van der Waals surface area contributed by atoms with Crippen molar-refractivity contribution < 1.29 is 18.3 Å². The molecule has 0 unspecified atom stereocenters. The summed E-state index contributed by atoms with van der Waals surface area (Å²) in [6, 6.07) is 4.50. The van der Waals surface area contributed by atoms with Gasteiger partial charge >= 0.3 is 6.18 Å². The van der Waals surface area contributed by atoms with Crippen molar-refractivity contribution in [2.24, 2.45) is 0 Å². The summed E-state index contributed by atoms with van der Waals surface area (Å²) in [7, 11) is 0. The lowest BCUT2D eigenvalue weighted by Crippen LogP contribution is -2.14. The molecule has 0 spiro atoms. The topological polar surface area (TPSA) is 53.1 Å². The third-order valence-corrected chi connectivity index (χ3v) is 2.63. The molecular formula is C12H10F3NO2. The number of nitrogens with one attached hydrogen (secondary N) is 1. The molecule has 1 heterocycles. The van der Waals surface area contributed by atoms with E-state index in [2.05, 4.69) is 4.98 Å². The van der Waals surface area contributed by atoms with Gasteiger partial charge in [0.25, 0.3) is 5.56 Å². The standard InChI is InChI=1S/C12H10F3NO2/c13-12(14,15)9-1-2-10-8(6-9)5-7(3-4-17)11(18)16-10/h1-2,5-6,17H,3-4H2,(H,16,18). The highest BCUT2D eigenvalue weighted by Crippen LogP contribution is 2.30. The van der Waals surface area contributed by atoms with Gasteiger partial charge in [-0.25, -0.2) is 0 Å². The Morgan fingerprint density at radius 1 is 1.22 bits per heavy atom. The summed E-state index contributed by atoms with van der Waals surface area (Å²) in [6.45, 7) is -0.229. The summed E-state index contributed by atoms with van der Waals surface area (Å²) >= 11 is 0. The van der Waals surface area contributed by atoms with Crippen molar-refractivity contribution in [1.29, 1.82) is 0 Å². The van der Waals surface area contributed by atoms with Gasteiger partial charge in [-0.3, -0.25) is 4.79 Å². The Morgan fingerprint density at radius 3 is 2.56 bits per heavy atom. The van der Waals surface area contributed by atoms with Crippen LogP contribution in [0.25, 0.3) is 10.9 Å². The quantitative estimate of drug-likeness (QED) is 0.865. The smallest absolute Gasteiger partial charge is 0.396 e. The molecule has 0 atom stereocenters. The molecule has 3 nitrogen and oxygen atoms in total. The number of aromatic nitrogens is 1. The van der Waals surface area contributed by atoms with E-state index < -0.39 is 17.3 Å². The highest BCUT2D eigenvalue weighted by molar-refractivity contribution is 5.79. The van der Waals surface area contributed by atoms with Gasteiger partial charge in [0, 0.05) is 24.1 Å². The second kappa shape index (κ2) is 4.45. The number of fused-ring (bicyclic) bond motifs is 1. The van der Waals surface area contributed by atoms with Crippen LogP contribution < -0.4 is 5.56 Å². The van der Waals surface area contributed by atoms with E-state index >= 15 is 0 Å². The molecule has 0 radical (unpaired) electrons. The first-order valence-corrected chi connectivity index (χ1v) is 5.26.